The van der Waals surface area contributed by atoms with Crippen molar-refractivity contribution in [3.05, 3.63) is 16.1 Å². The fourth-order valence-corrected chi connectivity index (χ4v) is 3.53. The monoisotopic (exact) mass is 398 g/mol. The van der Waals surface area contributed by atoms with Crippen LogP contribution in [0.2, 0.25) is 0 Å². The van der Waals surface area contributed by atoms with E-state index in [1.807, 2.05) is 11.8 Å². The molecular weight excluding hydrogens is 364 g/mol. The van der Waals surface area contributed by atoms with Gasteiger partial charge in [-0.2, -0.15) is 0 Å². The predicted molar refractivity (Wildman–Crippen MR) is 108 cm³/mol. The molecule has 1 aromatic heterocycles. The zero-order valence-electron chi connectivity index (χ0n) is 17.0. The van der Waals surface area contributed by atoms with Crippen LogP contribution in [0.5, 0.6) is 0 Å². The molecule has 1 amide bonds. The normalized spacial score (nSPS) is 10.8. The van der Waals surface area contributed by atoms with Crippen LogP contribution in [-0.4, -0.2) is 48.6 Å². The number of hydrogen-bond acceptors (Lipinski definition) is 6. The van der Waals surface area contributed by atoms with Gasteiger partial charge in [-0.3, -0.25) is 4.79 Å². The average molecular weight is 399 g/mol. The van der Waals surface area contributed by atoms with Gasteiger partial charge >= 0.3 is 5.97 Å². The lowest BCUT2D eigenvalue weighted by atomic mass is 10.1. The van der Waals surface area contributed by atoms with Crippen LogP contribution in [0.3, 0.4) is 0 Å². The van der Waals surface area contributed by atoms with Gasteiger partial charge < -0.3 is 14.4 Å². The van der Waals surface area contributed by atoms with E-state index in [1.54, 1.807) is 5.38 Å². The molecule has 154 valence electrons. The summed E-state index contributed by atoms with van der Waals surface area (Å²) >= 11 is 1.38. The minimum atomic E-state index is -0.446. The molecule has 0 unspecified atom stereocenters. The summed E-state index contributed by atoms with van der Waals surface area (Å²) in [4.78, 5) is 30.4. The Balaban J connectivity index is 2.53. The van der Waals surface area contributed by atoms with Gasteiger partial charge in [-0.15, -0.1) is 11.3 Å². The molecule has 0 bridgehead atoms. The molecule has 7 heteroatoms. The number of amides is 1. The van der Waals surface area contributed by atoms with Gasteiger partial charge in [0.2, 0.25) is 5.91 Å². The van der Waals surface area contributed by atoms with E-state index < -0.39 is 5.97 Å². The molecule has 6 nitrogen and oxygen atoms in total. The van der Waals surface area contributed by atoms with Crippen molar-refractivity contribution in [1.29, 1.82) is 0 Å². The number of carbonyl (C=O) groups excluding carboxylic acids is 2. The van der Waals surface area contributed by atoms with Crippen molar-refractivity contribution in [2.45, 2.75) is 71.8 Å². The Morgan fingerprint density at radius 1 is 1.11 bits per heavy atom. The maximum absolute atomic E-state index is 12.7. The van der Waals surface area contributed by atoms with E-state index in [1.165, 1.54) is 44.1 Å². The Morgan fingerprint density at radius 3 is 2.56 bits per heavy atom. The first-order chi connectivity index (χ1) is 13.1. The molecule has 0 aliphatic carbocycles. The third-order valence-corrected chi connectivity index (χ3v) is 5.12. The fourth-order valence-electron chi connectivity index (χ4n) is 2.75. The van der Waals surface area contributed by atoms with Crippen LogP contribution in [-0.2, 0) is 20.8 Å². The molecule has 0 spiro atoms. The van der Waals surface area contributed by atoms with Crippen molar-refractivity contribution in [2.75, 3.05) is 26.9 Å². The summed E-state index contributed by atoms with van der Waals surface area (Å²) in [6.45, 7) is 6.56. The van der Waals surface area contributed by atoms with Gasteiger partial charge in [-0.05, 0) is 19.8 Å². The first-order valence-electron chi connectivity index (χ1n) is 10.0. The summed E-state index contributed by atoms with van der Waals surface area (Å²) in [5.41, 5.74) is 0.301. The number of hydrogen-bond donors (Lipinski definition) is 0. The van der Waals surface area contributed by atoms with E-state index in [0.29, 0.717) is 38.4 Å². The number of methoxy groups -OCH3 is 1. The van der Waals surface area contributed by atoms with Gasteiger partial charge in [0.25, 0.3) is 0 Å². The third-order valence-electron chi connectivity index (χ3n) is 4.29. The highest BCUT2D eigenvalue weighted by Gasteiger charge is 2.17. The largest absolute Gasteiger partial charge is 0.464 e. The summed E-state index contributed by atoms with van der Waals surface area (Å²) in [5.74, 6) is -0.296. The second kappa shape index (κ2) is 14.6. The van der Waals surface area contributed by atoms with E-state index in [-0.39, 0.29) is 5.91 Å². The lowest BCUT2D eigenvalue weighted by Crippen LogP contribution is -2.32. The van der Waals surface area contributed by atoms with Crippen molar-refractivity contribution in [3.8, 4) is 0 Å². The highest BCUT2D eigenvalue weighted by molar-refractivity contribution is 7.09. The smallest absolute Gasteiger partial charge is 0.357 e. The molecule has 1 aromatic rings. The predicted octanol–water partition coefficient (Wildman–Crippen LogP) is 4.44. The Morgan fingerprint density at radius 2 is 1.85 bits per heavy atom. The van der Waals surface area contributed by atoms with Crippen molar-refractivity contribution < 1.29 is 19.1 Å². The second-order valence-corrected chi connectivity index (χ2v) is 7.44. The van der Waals surface area contributed by atoms with Crippen LogP contribution in [0, 0.1) is 0 Å². The highest BCUT2D eigenvalue weighted by Crippen LogP contribution is 2.15. The van der Waals surface area contributed by atoms with Crippen molar-refractivity contribution >= 4 is 23.2 Å². The zero-order valence-corrected chi connectivity index (χ0v) is 17.8. The average Bonchev–Trinajstić information content (AvgIpc) is 3.14. The molecule has 0 aliphatic heterocycles. The lowest BCUT2D eigenvalue weighted by molar-refractivity contribution is -0.132. The first kappa shape index (κ1) is 23.6. The lowest BCUT2D eigenvalue weighted by Gasteiger charge is -2.21. The van der Waals surface area contributed by atoms with Crippen LogP contribution in [0.4, 0.5) is 0 Å². The molecule has 27 heavy (non-hydrogen) atoms. The minimum Gasteiger partial charge on any atom is -0.464 e. The Labute approximate surface area is 167 Å². The number of rotatable bonds is 15. The van der Waals surface area contributed by atoms with E-state index in [4.69, 9.17) is 9.47 Å². The zero-order chi connectivity index (χ0) is 19.9. The van der Waals surface area contributed by atoms with Gasteiger partial charge in [0.15, 0.2) is 5.69 Å². The number of ether oxygens (including phenoxy) is 2. The highest BCUT2D eigenvalue weighted by atomic mass is 32.1. The topological polar surface area (TPSA) is 68.7 Å². The van der Waals surface area contributed by atoms with Crippen LogP contribution in [0.15, 0.2) is 5.38 Å². The van der Waals surface area contributed by atoms with Gasteiger partial charge in [0.1, 0.15) is 5.01 Å². The Hall–Kier alpha value is -1.47. The molecule has 0 N–H and O–H groups in total. The van der Waals surface area contributed by atoms with Crippen LogP contribution < -0.4 is 0 Å². The molecule has 0 radical (unpaired) electrons. The summed E-state index contributed by atoms with van der Waals surface area (Å²) in [7, 11) is 1.34. The standard InChI is InChI=1S/C20H34N2O4S/c1-4-6-7-8-9-10-12-19(23)22(13-11-14-26-5-2)15-18-21-17(16-27-18)20(24)25-3/h16H,4-15H2,1-3H3. The van der Waals surface area contributed by atoms with Gasteiger partial charge in [0.05, 0.1) is 13.7 Å². The molecule has 0 saturated carbocycles. The van der Waals surface area contributed by atoms with E-state index >= 15 is 0 Å². The number of esters is 1. The Kier molecular flexibility index (Phi) is 12.7. The fraction of sp³-hybridized carbons (Fsp3) is 0.750. The molecule has 1 rings (SSSR count). The maximum atomic E-state index is 12.7. The van der Waals surface area contributed by atoms with Crippen LogP contribution >= 0.6 is 11.3 Å². The van der Waals surface area contributed by atoms with Crippen molar-refractivity contribution in [2.24, 2.45) is 0 Å². The van der Waals surface area contributed by atoms with Crippen LogP contribution in [0.25, 0.3) is 0 Å². The summed E-state index contributed by atoms with van der Waals surface area (Å²) < 4.78 is 10.1. The number of thiazole rings is 1. The van der Waals surface area contributed by atoms with Crippen LogP contribution in [0.1, 0.15) is 80.7 Å². The third kappa shape index (κ3) is 9.86. The molecule has 0 fully saturated rings. The maximum Gasteiger partial charge on any atom is 0.357 e. The summed E-state index contributed by atoms with van der Waals surface area (Å²) in [6, 6.07) is 0. The molecule has 0 aliphatic rings. The number of aromatic nitrogens is 1. The number of unbranched alkanes of at least 4 members (excludes halogenated alkanes) is 5. The van der Waals surface area contributed by atoms with Crippen molar-refractivity contribution in [3.63, 3.8) is 0 Å². The van der Waals surface area contributed by atoms with Gasteiger partial charge in [0, 0.05) is 31.6 Å². The first-order valence-corrected chi connectivity index (χ1v) is 10.9. The molecule has 0 aromatic carbocycles. The van der Waals surface area contributed by atoms with E-state index in [0.717, 1.165) is 24.3 Å². The molecular formula is C20H34N2O4S. The number of nitrogens with zero attached hydrogens (tertiary/aromatic N) is 2. The number of carbonyl (C=O) groups is 2. The molecule has 0 saturated heterocycles. The quantitative estimate of drug-likeness (QED) is 0.323. The summed E-state index contributed by atoms with van der Waals surface area (Å²) in [6.07, 6.45) is 8.33. The van der Waals surface area contributed by atoms with Gasteiger partial charge in [-0.25, -0.2) is 9.78 Å². The van der Waals surface area contributed by atoms with Gasteiger partial charge in [-0.1, -0.05) is 39.0 Å². The SMILES string of the molecule is CCCCCCCCC(=O)N(CCCOCC)Cc1nc(C(=O)OC)cs1. The minimum absolute atomic E-state index is 0.150. The molecule has 0 atom stereocenters. The van der Waals surface area contributed by atoms with E-state index in [9.17, 15) is 9.59 Å². The van der Waals surface area contributed by atoms with Crippen molar-refractivity contribution in [1.82, 2.24) is 9.88 Å². The molecule has 1 heterocycles. The second-order valence-electron chi connectivity index (χ2n) is 6.50. The Bertz CT molecular complexity index is 548. The van der Waals surface area contributed by atoms with E-state index in [2.05, 4.69) is 11.9 Å². The summed E-state index contributed by atoms with van der Waals surface area (Å²) in [5, 5.41) is 2.43.